The van der Waals surface area contributed by atoms with Gasteiger partial charge in [-0.1, -0.05) is 19.1 Å². The van der Waals surface area contributed by atoms with Crippen molar-refractivity contribution < 1.29 is 5.11 Å². The highest BCUT2D eigenvalue weighted by Crippen LogP contribution is 2.19. The molecule has 3 heteroatoms. The molecule has 0 amide bonds. The number of hydrogen-bond donors (Lipinski definition) is 2. The molecule has 0 aliphatic carbocycles. The van der Waals surface area contributed by atoms with Gasteiger partial charge in [0.1, 0.15) is 0 Å². The predicted molar refractivity (Wildman–Crippen MR) is 73.5 cm³/mol. The third kappa shape index (κ3) is 4.02. The van der Waals surface area contributed by atoms with Crippen molar-refractivity contribution in [2.45, 2.75) is 26.3 Å². The van der Waals surface area contributed by atoms with Crippen LogP contribution in [-0.2, 0) is 0 Å². The molecule has 96 valence electrons. The average Bonchev–Trinajstić information content (AvgIpc) is 2.38. The Morgan fingerprint density at radius 2 is 1.88 bits per heavy atom. The molecule has 0 bridgehead atoms. The van der Waals surface area contributed by atoms with E-state index < -0.39 is 0 Å². The highest BCUT2D eigenvalue weighted by Gasteiger charge is 2.06. The Hall–Kier alpha value is -1.06. The molecule has 0 saturated heterocycles. The van der Waals surface area contributed by atoms with Crippen LogP contribution in [0.4, 0.5) is 5.69 Å². The summed E-state index contributed by atoms with van der Waals surface area (Å²) in [4.78, 5) is 2.22. The van der Waals surface area contributed by atoms with E-state index in [-0.39, 0.29) is 6.61 Å². The summed E-state index contributed by atoms with van der Waals surface area (Å²) in [5, 5.41) is 12.3. The number of aliphatic hydroxyl groups excluding tert-OH is 1. The van der Waals surface area contributed by atoms with Crippen LogP contribution in [0.3, 0.4) is 0 Å². The zero-order valence-corrected chi connectivity index (χ0v) is 11.1. The molecule has 1 rings (SSSR count). The summed E-state index contributed by atoms with van der Waals surface area (Å²) in [6, 6.07) is 8.94. The highest BCUT2D eigenvalue weighted by atomic mass is 16.3. The van der Waals surface area contributed by atoms with Crippen molar-refractivity contribution in [1.82, 2.24) is 5.32 Å². The molecule has 0 spiro atoms. The van der Waals surface area contributed by atoms with Crippen LogP contribution in [0.15, 0.2) is 24.3 Å². The van der Waals surface area contributed by atoms with Gasteiger partial charge in [-0.05, 0) is 38.1 Å². The molecule has 0 fully saturated rings. The zero-order chi connectivity index (χ0) is 12.7. The second-order valence-electron chi connectivity index (χ2n) is 4.31. The maximum atomic E-state index is 9.05. The molecule has 0 aliphatic heterocycles. The lowest BCUT2D eigenvalue weighted by atomic mass is 10.1. The van der Waals surface area contributed by atoms with Gasteiger partial charge in [0.05, 0.1) is 6.61 Å². The van der Waals surface area contributed by atoms with Gasteiger partial charge in [-0.15, -0.1) is 0 Å². The molecule has 0 heterocycles. The first-order chi connectivity index (χ1) is 8.22. The Morgan fingerprint density at radius 3 is 2.35 bits per heavy atom. The summed E-state index contributed by atoms with van der Waals surface area (Å²) in [5.74, 6) is 0. The van der Waals surface area contributed by atoms with E-state index in [1.807, 2.05) is 7.05 Å². The summed E-state index contributed by atoms with van der Waals surface area (Å²) in [6.45, 7) is 6.19. The lowest BCUT2D eigenvalue weighted by molar-refractivity contribution is 0.302. The van der Waals surface area contributed by atoms with Crippen molar-refractivity contribution >= 4 is 5.69 Å². The van der Waals surface area contributed by atoms with E-state index in [2.05, 4.69) is 48.3 Å². The zero-order valence-electron chi connectivity index (χ0n) is 11.1. The van der Waals surface area contributed by atoms with Gasteiger partial charge in [0.25, 0.3) is 0 Å². The number of rotatable bonds is 7. The fourth-order valence-electron chi connectivity index (χ4n) is 1.90. The van der Waals surface area contributed by atoms with E-state index in [1.54, 1.807) is 0 Å². The quantitative estimate of drug-likeness (QED) is 0.761. The Labute approximate surface area is 104 Å². The van der Waals surface area contributed by atoms with E-state index in [4.69, 9.17) is 5.11 Å². The van der Waals surface area contributed by atoms with Gasteiger partial charge in [-0.25, -0.2) is 0 Å². The van der Waals surface area contributed by atoms with Crippen LogP contribution in [0.5, 0.6) is 0 Å². The number of hydrogen-bond acceptors (Lipinski definition) is 3. The molecule has 0 radical (unpaired) electrons. The summed E-state index contributed by atoms with van der Waals surface area (Å²) in [5.41, 5.74) is 2.48. The van der Waals surface area contributed by atoms with Crippen molar-refractivity contribution in [2.75, 3.05) is 31.6 Å². The fourth-order valence-corrected chi connectivity index (χ4v) is 1.90. The first kappa shape index (κ1) is 14.0. The van der Waals surface area contributed by atoms with E-state index in [9.17, 15) is 0 Å². The van der Waals surface area contributed by atoms with Gasteiger partial charge in [-0.3, -0.25) is 0 Å². The minimum atomic E-state index is 0.203. The largest absolute Gasteiger partial charge is 0.395 e. The minimum absolute atomic E-state index is 0.203. The number of nitrogens with one attached hydrogen (secondary N) is 1. The highest BCUT2D eigenvalue weighted by molar-refractivity contribution is 5.48. The van der Waals surface area contributed by atoms with Crippen LogP contribution in [0, 0.1) is 0 Å². The van der Waals surface area contributed by atoms with Gasteiger partial charge < -0.3 is 15.3 Å². The first-order valence-electron chi connectivity index (χ1n) is 6.36. The number of benzene rings is 1. The Kier molecular flexibility index (Phi) is 6.01. The second-order valence-corrected chi connectivity index (χ2v) is 4.31. The van der Waals surface area contributed by atoms with E-state index in [1.165, 1.54) is 11.3 Å². The van der Waals surface area contributed by atoms with Crippen LogP contribution in [0.2, 0.25) is 0 Å². The van der Waals surface area contributed by atoms with Crippen LogP contribution in [0.25, 0.3) is 0 Å². The second kappa shape index (κ2) is 7.30. The summed E-state index contributed by atoms with van der Waals surface area (Å²) in [6.07, 6.45) is 1.09. The molecular weight excluding hydrogens is 212 g/mol. The summed E-state index contributed by atoms with van der Waals surface area (Å²) < 4.78 is 0. The van der Waals surface area contributed by atoms with Crippen molar-refractivity contribution in [2.24, 2.45) is 0 Å². The topological polar surface area (TPSA) is 35.5 Å². The monoisotopic (exact) mass is 236 g/mol. The molecule has 1 atom stereocenters. The van der Waals surface area contributed by atoms with Gasteiger partial charge in [0, 0.05) is 24.8 Å². The van der Waals surface area contributed by atoms with E-state index in [0.717, 1.165) is 13.0 Å². The minimum Gasteiger partial charge on any atom is -0.395 e. The van der Waals surface area contributed by atoms with Crippen molar-refractivity contribution in [3.8, 4) is 0 Å². The molecule has 1 aromatic carbocycles. The molecule has 2 N–H and O–H groups in total. The average molecular weight is 236 g/mol. The lowest BCUT2D eigenvalue weighted by Crippen LogP contribution is -2.27. The SMILES string of the molecule is CCCN(CCO)c1ccc(C(C)NC)cc1. The van der Waals surface area contributed by atoms with Crippen molar-refractivity contribution in [3.63, 3.8) is 0 Å². The maximum absolute atomic E-state index is 9.05. The Bertz CT molecular complexity index is 305. The molecule has 3 nitrogen and oxygen atoms in total. The fraction of sp³-hybridized carbons (Fsp3) is 0.571. The third-order valence-electron chi connectivity index (χ3n) is 3.05. The molecule has 17 heavy (non-hydrogen) atoms. The smallest absolute Gasteiger partial charge is 0.0606 e. The first-order valence-corrected chi connectivity index (χ1v) is 6.36. The molecule has 0 aliphatic rings. The standard InChI is InChI=1S/C14H24N2O/c1-4-9-16(10-11-17)14-7-5-13(6-8-14)12(2)15-3/h5-8,12,15,17H,4,9-11H2,1-3H3. The number of anilines is 1. The molecular formula is C14H24N2O. The Balaban J connectivity index is 2.76. The number of nitrogens with zero attached hydrogens (tertiary/aromatic N) is 1. The third-order valence-corrected chi connectivity index (χ3v) is 3.05. The predicted octanol–water partition coefficient (Wildman–Crippen LogP) is 2.18. The van der Waals surface area contributed by atoms with Crippen LogP contribution < -0.4 is 10.2 Å². The van der Waals surface area contributed by atoms with Gasteiger partial charge in [0.2, 0.25) is 0 Å². The van der Waals surface area contributed by atoms with Crippen LogP contribution >= 0.6 is 0 Å². The van der Waals surface area contributed by atoms with E-state index >= 15 is 0 Å². The van der Waals surface area contributed by atoms with Crippen molar-refractivity contribution in [3.05, 3.63) is 29.8 Å². The molecule has 1 unspecified atom stereocenters. The van der Waals surface area contributed by atoms with Crippen molar-refractivity contribution in [1.29, 1.82) is 0 Å². The van der Waals surface area contributed by atoms with Gasteiger partial charge in [-0.2, -0.15) is 0 Å². The van der Waals surface area contributed by atoms with E-state index in [0.29, 0.717) is 12.6 Å². The Morgan fingerprint density at radius 1 is 1.24 bits per heavy atom. The number of aliphatic hydroxyl groups is 1. The normalized spacial score (nSPS) is 12.5. The van der Waals surface area contributed by atoms with Gasteiger partial charge in [0.15, 0.2) is 0 Å². The maximum Gasteiger partial charge on any atom is 0.0606 e. The molecule has 0 saturated carbocycles. The summed E-state index contributed by atoms with van der Waals surface area (Å²) >= 11 is 0. The molecule has 1 aromatic rings. The lowest BCUT2D eigenvalue weighted by Gasteiger charge is -2.24. The van der Waals surface area contributed by atoms with Crippen LogP contribution in [0.1, 0.15) is 31.9 Å². The van der Waals surface area contributed by atoms with Gasteiger partial charge >= 0.3 is 0 Å². The van der Waals surface area contributed by atoms with Crippen LogP contribution in [-0.4, -0.2) is 31.9 Å². The summed E-state index contributed by atoms with van der Waals surface area (Å²) in [7, 11) is 1.97. The molecule has 0 aromatic heterocycles.